The van der Waals surface area contributed by atoms with E-state index < -0.39 is 0 Å². The van der Waals surface area contributed by atoms with Crippen molar-refractivity contribution in [1.82, 2.24) is 9.97 Å². The van der Waals surface area contributed by atoms with Crippen LogP contribution >= 0.6 is 0 Å². The lowest BCUT2D eigenvalue weighted by Crippen LogP contribution is -1.98. The van der Waals surface area contributed by atoms with Crippen LogP contribution in [0.5, 0.6) is 0 Å². The molecule has 274 valence electrons. The molecule has 0 amide bonds. The van der Waals surface area contributed by atoms with Crippen molar-refractivity contribution in [2.24, 2.45) is 0 Å². The van der Waals surface area contributed by atoms with Crippen LogP contribution < -0.4 is 0 Å². The molecule has 11 aromatic rings. The SMILES string of the molecule is Cc1cccc2cc3cccc(C)c3c(-c3cc(-c4ccccc4)c4ccc5c(-c6ccccc6)cc(-c6c7c(C)cccc7cc7cccc(C)c67)nc5c4n3)c12. The Morgan fingerprint density at radius 3 is 0.966 bits per heavy atom. The summed E-state index contributed by atoms with van der Waals surface area (Å²) in [5, 5.41) is 12.0. The molecule has 0 saturated heterocycles. The average Bonchev–Trinajstić information content (AvgIpc) is 3.25. The van der Waals surface area contributed by atoms with Crippen LogP contribution in [0.3, 0.4) is 0 Å². The zero-order valence-corrected chi connectivity index (χ0v) is 33.1. The molecule has 0 aliphatic carbocycles. The van der Waals surface area contributed by atoms with E-state index in [0.717, 1.165) is 55.4 Å². The Kier molecular flexibility index (Phi) is 7.78. The number of aromatic nitrogens is 2. The average molecular weight is 741 g/mol. The highest BCUT2D eigenvalue weighted by atomic mass is 14.8. The topological polar surface area (TPSA) is 25.8 Å². The van der Waals surface area contributed by atoms with Gasteiger partial charge in [-0.1, -0.05) is 146 Å². The molecule has 0 fully saturated rings. The number of fused-ring (bicyclic) bond motifs is 7. The van der Waals surface area contributed by atoms with Crippen molar-refractivity contribution >= 4 is 64.9 Å². The third-order valence-electron chi connectivity index (χ3n) is 12.3. The fourth-order valence-electron chi connectivity index (χ4n) is 9.65. The van der Waals surface area contributed by atoms with Crippen LogP contribution in [0.4, 0.5) is 0 Å². The summed E-state index contributed by atoms with van der Waals surface area (Å²) in [4.78, 5) is 11.6. The predicted molar refractivity (Wildman–Crippen MR) is 248 cm³/mol. The van der Waals surface area contributed by atoms with Crippen LogP contribution in [0.2, 0.25) is 0 Å². The van der Waals surface area contributed by atoms with E-state index in [1.807, 2.05) is 0 Å². The minimum atomic E-state index is 0.901. The first-order valence-electron chi connectivity index (χ1n) is 20.2. The highest BCUT2D eigenvalue weighted by molar-refractivity contribution is 6.19. The van der Waals surface area contributed by atoms with Gasteiger partial charge in [-0.2, -0.15) is 0 Å². The molecule has 11 rings (SSSR count). The Bertz CT molecular complexity index is 3120. The second-order valence-corrected chi connectivity index (χ2v) is 15.9. The Labute approximate surface area is 338 Å². The summed E-state index contributed by atoms with van der Waals surface area (Å²) in [6.45, 7) is 8.90. The minimum absolute atomic E-state index is 0.901. The molecule has 58 heavy (non-hydrogen) atoms. The molecular weight excluding hydrogens is 701 g/mol. The van der Waals surface area contributed by atoms with Crippen LogP contribution in [0, 0.1) is 27.7 Å². The molecule has 0 unspecified atom stereocenters. The summed E-state index contributed by atoms with van der Waals surface area (Å²) < 4.78 is 0. The minimum Gasteiger partial charge on any atom is -0.245 e. The van der Waals surface area contributed by atoms with Crippen molar-refractivity contribution in [2.75, 3.05) is 0 Å². The van der Waals surface area contributed by atoms with Crippen molar-refractivity contribution in [3.63, 3.8) is 0 Å². The van der Waals surface area contributed by atoms with Gasteiger partial charge < -0.3 is 0 Å². The Morgan fingerprint density at radius 1 is 0.310 bits per heavy atom. The monoisotopic (exact) mass is 740 g/mol. The van der Waals surface area contributed by atoms with Gasteiger partial charge in [-0.25, -0.2) is 9.97 Å². The summed E-state index contributed by atoms with van der Waals surface area (Å²) in [6, 6.07) is 61.9. The fraction of sp³-hybridized carbons (Fsp3) is 0.0714. The molecule has 0 atom stereocenters. The fourth-order valence-corrected chi connectivity index (χ4v) is 9.65. The van der Waals surface area contributed by atoms with Crippen LogP contribution in [0.1, 0.15) is 22.3 Å². The molecule has 2 nitrogen and oxygen atoms in total. The van der Waals surface area contributed by atoms with E-state index in [9.17, 15) is 0 Å². The van der Waals surface area contributed by atoms with E-state index in [1.165, 1.54) is 76.5 Å². The molecule has 0 N–H and O–H groups in total. The van der Waals surface area contributed by atoms with E-state index in [2.05, 4.69) is 198 Å². The molecule has 0 aliphatic heterocycles. The summed E-state index contributed by atoms with van der Waals surface area (Å²) in [6.07, 6.45) is 0. The molecule has 2 heteroatoms. The van der Waals surface area contributed by atoms with E-state index in [1.54, 1.807) is 0 Å². The van der Waals surface area contributed by atoms with Crippen molar-refractivity contribution in [1.29, 1.82) is 0 Å². The molecule has 9 aromatic carbocycles. The lowest BCUT2D eigenvalue weighted by atomic mass is 9.87. The van der Waals surface area contributed by atoms with Crippen molar-refractivity contribution in [3.8, 4) is 44.8 Å². The second kappa shape index (κ2) is 13.2. The molecule has 0 saturated carbocycles. The van der Waals surface area contributed by atoms with E-state index >= 15 is 0 Å². The summed E-state index contributed by atoms with van der Waals surface area (Å²) >= 11 is 0. The maximum atomic E-state index is 5.81. The van der Waals surface area contributed by atoms with Crippen LogP contribution in [0.15, 0.2) is 170 Å². The number of hydrogen-bond donors (Lipinski definition) is 0. The quantitative estimate of drug-likeness (QED) is 0.133. The van der Waals surface area contributed by atoms with Crippen molar-refractivity contribution < 1.29 is 0 Å². The molecule has 2 aromatic heterocycles. The predicted octanol–water partition coefficient (Wildman–Crippen LogP) is 15.3. The maximum absolute atomic E-state index is 5.81. The van der Waals surface area contributed by atoms with Gasteiger partial charge in [0.1, 0.15) is 0 Å². The zero-order valence-electron chi connectivity index (χ0n) is 33.1. The van der Waals surface area contributed by atoms with Gasteiger partial charge in [0.15, 0.2) is 0 Å². The van der Waals surface area contributed by atoms with Crippen LogP contribution in [-0.2, 0) is 0 Å². The third-order valence-corrected chi connectivity index (χ3v) is 12.3. The Balaban J connectivity index is 1.36. The smallest absolute Gasteiger partial charge is 0.0978 e. The molecule has 2 heterocycles. The van der Waals surface area contributed by atoms with E-state index in [0.29, 0.717) is 0 Å². The van der Waals surface area contributed by atoms with Crippen LogP contribution in [0.25, 0.3) is 110 Å². The summed E-state index contributed by atoms with van der Waals surface area (Å²) in [5.41, 5.74) is 15.6. The van der Waals surface area contributed by atoms with Gasteiger partial charge in [-0.15, -0.1) is 0 Å². The number of rotatable bonds is 4. The number of pyridine rings is 2. The van der Waals surface area contributed by atoms with Gasteiger partial charge in [0.25, 0.3) is 0 Å². The first kappa shape index (κ1) is 34.1. The van der Waals surface area contributed by atoms with Crippen LogP contribution in [-0.4, -0.2) is 9.97 Å². The Morgan fingerprint density at radius 2 is 0.638 bits per heavy atom. The molecule has 0 spiro atoms. The molecule has 0 radical (unpaired) electrons. The maximum Gasteiger partial charge on any atom is 0.0978 e. The van der Waals surface area contributed by atoms with Gasteiger partial charge in [0, 0.05) is 21.9 Å². The first-order chi connectivity index (χ1) is 28.4. The van der Waals surface area contributed by atoms with E-state index in [-0.39, 0.29) is 0 Å². The van der Waals surface area contributed by atoms with Gasteiger partial charge in [-0.3, -0.25) is 0 Å². The lowest BCUT2D eigenvalue weighted by molar-refractivity contribution is 1.37. The molecular formula is C56H40N2. The number of hydrogen-bond acceptors (Lipinski definition) is 2. The van der Waals surface area contributed by atoms with Gasteiger partial charge in [0.05, 0.1) is 22.4 Å². The highest BCUT2D eigenvalue weighted by Gasteiger charge is 2.22. The largest absolute Gasteiger partial charge is 0.245 e. The number of benzene rings is 9. The van der Waals surface area contributed by atoms with Crippen molar-refractivity contribution in [2.45, 2.75) is 27.7 Å². The van der Waals surface area contributed by atoms with E-state index in [4.69, 9.17) is 9.97 Å². The third kappa shape index (κ3) is 5.26. The molecule has 0 bridgehead atoms. The van der Waals surface area contributed by atoms with Gasteiger partial charge >= 0.3 is 0 Å². The first-order valence-corrected chi connectivity index (χ1v) is 20.2. The lowest BCUT2D eigenvalue weighted by Gasteiger charge is -2.19. The van der Waals surface area contributed by atoms with Crippen molar-refractivity contribution in [3.05, 3.63) is 192 Å². The number of aryl methyl sites for hydroxylation is 4. The highest BCUT2D eigenvalue weighted by Crippen LogP contribution is 2.45. The van der Waals surface area contributed by atoms with Gasteiger partial charge in [0.2, 0.25) is 0 Å². The Hall–Kier alpha value is -7.16. The zero-order chi connectivity index (χ0) is 39.1. The molecule has 0 aliphatic rings. The summed E-state index contributed by atoms with van der Waals surface area (Å²) in [5.74, 6) is 0. The summed E-state index contributed by atoms with van der Waals surface area (Å²) in [7, 11) is 0. The van der Waals surface area contributed by atoms with Gasteiger partial charge in [-0.05, 0) is 140 Å². The standard InChI is InChI=1S/C56H40N2/c1-33-15-11-23-39-29-40-24-12-16-34(2)50(40)53(49(33)39)47-31-45(37-19-7-5-8-20-37)43-27-28-44-46(38-21-9-6-10-22-38)32-48(58-56(44)55(43)57-47)54-51-35(3)17-13-25-41(51)30-42-26-14-18-36(4)52(42)54/h5-32H,1-4H3. The second-order valence-electron chi connectivity index (χ2n) is 15.9. The normalized spacial score (nSPS) is 11.8. The number of nitrogens with zero attached hydrogens (tertiary/aromatic N) is 2.